The van der Waals surface area contributed by atoms with Crippen LogP contribution in [0, 0.1) is 0 Å². The molecule has 3 rings (SSSR count). The molecule has 0 atom stereocenters. The Morgan fingerprint density at radius 2 is 1.55 bits per heavy atom. The van der Waals surface area contributed by atoms with Crippen LogP contribution >= 0.6 is 0 Å². The normalized spacial score (nSPS) is 10.2. The van der Waals surface area contributed by atoms with Crippen LogP contribution < -0.4 is 15.4 Å². The quantitative estimate of drug-likeness (QED) is 0.366. The lowest BCUT2D eigenvalue weighted by atomic mass is 10.1. The van der Waals surface area contributed by atoms with Crippen LogP contribution in [0.25, 0.3) is 0 Å². The monoisotopic (exact) mass is 446 g/mol. The average Bonchev–Trinajstić information content (AvgIpc) is 2.83. The molecule has 2 amide bonds. The molecular weight excluding hydrogens is 420 g/mol. The Morgan fingerprint density at radius 3 is 2.27 bits per heavy atom. The van der Waals surface area contributed by atoms with E-state index in [1.54, 1.807) is 25.1 Å². The van der Waals surface area contributed by atoms with E-state index in [9.17, 15) is 14.4 Å². The maximum Gasteiger partial charge on any atom is 0.513 e. The smallest absolute Gasteiger partial charge is 0.434 e. The first-order valence-electron chi connectivity index (χ1n) is 10.7. The molecule has 33 heavy (non-hydrogen) atoms. The van der Waals surface area contributed by atoms with Gasteiger partial charge in [0.2, 0.25) is 5.91 Å². The van der Waals surface area contributed by atoms with Crippen LogP contribution in [0.3, 0.4) is 0 Å². The molecule has 0 bridgehead atoms. The van der Waals surface area contributed by atoms with E-state index in [4.69, 9.17) is 9.47 Å². The highest BCUT2D eigenvalue weighted by Gasteiger charge is 2.11. The van der Waals surface area contributed by atoms with Gasteiger partial charge in [0.25, 0.3) is 5.91 Å². The van der Waals surface area contributed by atoms with E-state index in [1.807, 2.05) is 48.5 Å². The summed E-state index contributed by atoms with van der Waals surface area (Å²) in [7, 11) is 0. The highest BCUT2D eigenvalue weighted by molar-refractivity contribution is 6.04. The van der Waals surface area contributed by atoms with Crippen molar-refractivity contribution in [2.45, 2.75) is 26.3 Å². The highest BCUT2D eigenvalue weighted by atomic mass is 16.7. The zero-order chi connectivity index (χ0) is 23.5. The fourth-order valence-electron chi connectivity index (χ4n) is 3.09. The van der Waals surface area contributed by atoms with Gasteiger partial charge in [0.15, 0.2) is 0 Å². The molecule has 3 aromatic rings. The zero-order valence-electron chi connectivity index (χ0n) is 18.4. The summed E-state index contributed by atoms with van der Waals surface area (Å²) in [6.45, 7) is 2.20. The van der Waals surface area contributed by atoms with Gasteiger partial charge in [-0.05, 0) is 54.8 Å². The average molecular weight is 447 g/mol. The first kappa shape index (κ1) is 23.5. The molecule has 0 saturated carbocycles. The van der Waals surface area contributed by atoms with Crippen LogP contribution in [-0.2, 0) is 22.5 Å². The molecule has 170 valence electrons. The van der Waals surface area contributed by atoms with Gasteiger partial charge in [0, 0.05) is 24.2 Å². The molecule has 0 aliphatic rings. The topological polar surface area (TPSA) is 93.7 Å². The van der Waals surface area contributed by atoms with Crippen molar-refractivity contribution in [2.24, 2.45) is 0 Å². The van der Waals surface area contributed by atoms with Crippen LogP contribution in [0.15, 0.2) is 78.9 Å². The summed E-state index contributed by atoms with van der Waals surface area (Å²) in [6.07, 6.45) is 0.258. The molecule has 0 unspecified atom stereocenters. The molecule has 0 aliphatic carbocycles. The second kappa shape index (κ2) is 12.0. The van der Waals surface area contributed by atoms with Gasteiger partial charge in [0.1, 0.15) is 5.75 Å². The fraction of sp³-hybridized carbons (Fsp3) is 0.192. The number of hydrogen-bond acceptors (Lipinski definition) is 5. The lowest BCUT2D eigenvalue weighted by molar-refractivity contribution is -0.121. The van der Waals surface area contributed by atoms with Gasteiger partial charge in [-0.1, -0.05) is 48.5 Å². The Hall–Kier alpha value is -4.13. The Labute approximate surface area is 192 Å². The van der Waals surface area contributed by atoms with E-state index >= 15 is 0 Å². The highest BCUT2D eigenvalue weighted by Crippen LogP contribution is 2.18. The van der Waals surface area contributed by atoms with Gasteiger partial charge >= 0.3 is 6.16 Å². The number of aryl methyl sites for hydroxylation is 1. The molecule has 3 aromatic carbocycles. The number of nitrogens with one attached hydrogen (secondary N) is 2. The number of carbonyl (C=O) groups excluding carboxylic acids is 3. The SMILES string of the molecule is CCOC(=O)Oc1ccc(C(=O)Nc2ccccc2CNC(=O)CCc2ccccc2)cc1. The summed E-state index contributed by atoms with van der Waals surface area (Å²) in [5.74, 6) is -0.0960. The summed E-state index contributed by atoms with van der Waals surface area (Å²) in [5.41, 5.74) is 2.91. The third-order valence-electron chi connectivity index (χ3n) is 4.81. The van der Waals surface area contributed by atoms with Crippen molar-refractivity contribution >= 4 is 23.7 Å². The Bertz CT molecular complexity index is 1080. The molecule has 0 radical (unpaired) electrons. The molecule has 7 heteroatoms. The largest absolute Gasteiger partial charge is 0.513 e. The first-order valence-corrected chi connectivity index (χ1v) is 10.7. The second-order valence-corrected chi connectivity index (χ2v) is 7.18. The van der Waals surface area contributed by atoms with Crippen molar-refractivity contribution in [2.75, 3.05) is 11.9 Å². The van der Waals surface area contributed by atoms with Crippen LogP contribution in [0.2, 0.25) is 0 Å². The fourth-order valence-corrected chi connectivity index (χ4v) is 3.09. The van der Waals surface area contributed by atoms with Crippen LogP contribution in [0.4, 0.5) is 10.5 Å². The van der Waals surface area contributed by atoms with Crippen molar-refractivity contribution in [3.8, 4) is 5.75 Å². The number of amides is 2. The third-order valence-corrected chi connectivity index (χ3v) is 4.81. The van der Waals surface area contributed by atoms with Crippen LogP contribution in [0.1, 0.15) is 34.8 Å². The predicted octanol–water partition coefficient (Wildman–Crippen LogP) is 4.72. The maximum atomic E-state index is 12.7. The second-order valence-electron chi connectivity index (χ2n) is 7.18. The number of hydrogen-bond donors (Lipinski definition) is 2. The van der Waals surface area contributed by atoms with Gasteiger partial charge in [-0.2, -0.15) is 0 Å². The van der Waals surface area contributed by atoms with Gasteiger partial charge in [-0.15, -0.1) is 0 Å². The molecule has 7 nitrogen and oxygen atoms in total. The van der Waals surface area contributed by atoms with Crippen molar-refractivity contribution in [3.63, 3.8) is 0 Å². The van der Waals surface area contributed by atoms with Crippen LogP contribution in [-0.4, -0.2) is 24.6 Å². The third kappa shape index (κ3) is 7.50. The standard InChI is InChI=1S/C26H26N2O5/c1-2-32-26(31)33-22-15-13-20(14-16-22)25(30)28-23-11-7-6-10-21(23)18-27-24(29)17-12-19-8-4-3-5-9-19/h3-11,13-16H,2,12,17-18H2,1H3,(H,27,29)(H,28,30). The van der Waals surface area contributed by atoms with Crippen LogP contribution in [0.5, 0.6) is 5.75 Å². The van der Waals surface area contributed by atoms with Gasteiger partial charge in [-0.3, -0.25) is 9.59 Å². The summed E-state index contributed by atoms with van der Waals surface area (Å²) in [4.78, 5) is 36.3. The van der Waals surface area contributed by atoms with E-state index in [2.05, 4.69) is 10.6 Å². The molecule has 0 saturated heterocycles. The molecule has 0 spiro atoms. The van der Waals surface area contributed by atoms with E-state index in [1.165, 1.54) is 12.1 Å². The van der Waals surface area contributed by atoms with E-state index in [-0.39, 0.29) is 24.2 Å². The van der Waals surface area contributed by atoms with E-state index in [0.717, 1.165) is 11.1 Å². The number of rotatable bonds is 9. The molecule has 0 aliphatic heterocycles. The number of anilines is 1. The summed E-state index contributed by atoms with van der Waals surface area (Å²) in [5, 5.41) is 5.77. The van der Waals surface area contributed by atoms with E-state index < -0.39 is 6.16 Å². The molecule has 0 aromatic heterocycles. The predicted molar refractivity (Wildman–Crippen MR) is 125 cm³/mol. The maximum absolute atomic E-state index is 12.7. The summed E-state index contributed by atoms with van der Waals surface area (Å²) >= 11 is 0. The minimum Gasteiger partial charge on any atom is -0.434 e. The van der Waals surface area contributed by atoms with Crippen molar-refractivity contribution in [1.29, 1.82) is 0 Å². The molecule has 2 N–H and O–H groups in total. The minimum atomic E-state index is -0.797. The van der Waals surface area contributed by atoms with Crippen molar-refractivity contribution in [1.82, 2.24) is 5.32 Å². The lowest BCUT2D eigenvalue weighted by Crippen LogP contribution is -2.24. The van der Waals surface area contributed by atoms with E-state index in [0.29, 0.717) is 30.6 Å². The van der Waals surface area contributed by atoms with Gasteiger partial charge in [-0.25, -0.2) is 4.79 Å². The minimum absolute atomic E-state index is 0.0582. The Balaban J connectivity index is 1.54. The van der Waals surface area contributed by atoms with Crippen molar-refractivity contribution in [3.05, 3.63) is 95.6 Å². The van der Waals surface area contributed by atoms with Gasteiger partial charge in [0.05, 0.1) is 6.61 Å². The van der Waals surface area contributed by atoms with Gasteiger partial charge < -0.3 is 20.1 Å². The molecule has 0 fully saturated rings. The number of benzene rings is 3. The molecule has 0 heterocycles. The Kier molecular flexibility index (Phi) is 8.59. The molecular formula is C26H26N2O5. The number of ether oxygens (including phenoxy) is 2. The number of carbonyl (C=O) groups is 3. The summed E-state index contributed by atoms with van der Waals surface area (Å²) in [6, 6.07) is 23.3. The first-order chi connectivity index (χ1) is 16.0. The zero-order valence-corrected chi connectivity index (χ0v) is 18.4. The Morgan fingerprint density at radius 1 is 0.848 bits per heavy atom. The van der Waals surface area contributed by atoms with Crippen molar-refractivity contribution < 1.29 is 23.9 Å². The lowest BCUT2D eigenvalue weighted by Gasteiger charge is -2.12. The summed E-state index contributed by atoms with van der Waals surface area (Å²) < 4.78 is 9.72. The number of para-hydroxylation sites is 1.